The molecule has 2 aromatic rings. The van der Waals surface area contributed by atoms with Gasteiger partial charge in [0.1, 0.15) is 12.1 Å². The molecule has 2 aliphatic heterocycles. The standard InChI is InChI=1S/C20H23ClFN5O/c21-15-3-4-17(16(22)11-15)25-20(28)14-5-9-26(10-6-14)18-12-23-13-24-19(18)27-7-1-2-8-27/h3-4,11-14H,1-2,5-10H2,(H,25,28). The first-order valence-corrected chi connectivity index (χ1v) is 10.1. The minimum Gasteiger partial charge on any atom is -0.367 e. The summed E-state index contributed by atoms with van der Waals surface area (Å²) in [5, 5.41) is 3.00. The Morgan fingerprint density at radius 1 is 1.14 bits per heavy atom. The van der Waals surface area contributed by atoms with Crippen LogP contribution < -0.4 is 15.1 Å². The Morgan fingerprint density at radius 2 is 1.89 bits per heavy atom. The summed E-state index contributed by atoms with van der Waals surface area (Å²) in [6, 6.07) is 4.27. The minimum absolute atomic E-state index is 0.147. The van der Waals surface area contributed by atoms with Crippen molar-refractivity contribution in [2.45, 2.75) is 25.7 Å². The van der Waals surface area contributed by atoms with Crippen LogP contribution >= 0.6 is 11.6 Å². The summed E-state index contributed by atoms with van der Waals surface area (Å²) >= 11 is 5.76. The van der Waals surface area contributed by atoms with E-state index in [-0.39, 0.29) is 17.5 Å². The highest BCUT2D eigenvalue weighted by molar-refractivity contribution is 6.30. The molecule has 6 nitrogen and oxygen atoms in total. The molecule has 0 radical (unpaired) electrons. The first-order valence-electron chi connectivity index (χ1n) is 9.67. The monoisotopic (exact) mass is 403 g/mol. The summed E-state index contributed by atoms with van der Waals surface area (Å²) in [5.41, 5.74) is 1.21. The van der Waals surface area contributed by atoms with E-state index in [1.54, 1.807) is 12.4 Å². The third-order valence-electron chi connectivity index (χ3n) is 5.47. The van der Waals surface area contributed by atoms with Gasteiger partial charge in [0.2, 0.25) is 5.91 Å². The highest BCUT2D eigenvalue weighted by Gasteiger charge is 2.28. The number of aromatic nitrogens is 2. The molecular weight excluding hydrogens is 381 g/mol. The number of nitrogens with one attached hydrogen (secondary N) is 1. The van der Waals surface area contributed by atoms with Crippen LogP contribution in [0.5, 0.6) is 0 Å². The summed E-state index contributed by atoms with van der Waals surface area (Å²) in [4.78, 5) is 25.8. The van der Waals surface area contributed by atoms with Crippen LogP contribution in [0.4, 0.5) is 21.6 Å². The van der Waals surface area contributed by atoms with Crippen LogP contribution in [0, 0.1) is 11.7 Å². The first-order chi connectivity index (χ1) is 13.6. The smallest absolute Gasteiger partial charge is 0.227 e. The van der Waals surface area contributed by atoms with E-state index in [1.165, 1.54) is 25.0 Å². The maximum Gasteiger partial charge on any atom is 0.227 e. The van der Waals surface area contributed by atoms with Crippen molar-refractivity contribution in [3.05, 3.63) is 41.6 Å². The van der Waals surface area contributed by atoms with Crippen LogP contribution in [-0.4, -0.2) is 42.1 Å². The van der Waals surface area contributed by atoms with Crippen molar-refractivity contribution in [2.75, 3.05) is 41.3 Å². The van der Waals surface area contributed by atoms with Crippen molar-refractivity contribution < 1.29 is 9.18 Å². The molecule has 1 N–H and O–H groups in total. The second-order valence-electron chi connectivity index (χ2n) is 7.30. The van der Waals surface area contributed by atoms with Crippen molar-refractivity contribution in [2.24, 2.45) is 5.92 Å². The number of rotatable bonds is 4. The summed E-state index contributed by atoms with van der Waals surface area (Å²) in [7, 11) is 0. The molecule has 2 saturated heterocycles. The lowest BCUT2D eigenvalue weighted by Gasteiger charge is -2.34. The lowest BCUT2D eigenvalue weighted by molar-refractivity contribution is -0.120. The van der Waals surface area contributed by atoms with Gasteiger partial charge in [-0.2, -0.15) is 0 Å². The fraction of sp³-hybridized carbons (Fsp3) is 0.450. The Balaban J connectivity index is 1.39. The Kier molecular flexibility index (Phi) is 5.62. The highest BCUT2D eigenvalue weighted by atomic mass is 35.5. The SMILES string of the molecule is O=C(Nc1ccc(Cl)cc1F)C1CCN(c2cncnc2N2CCCC2)CC1. The van der Waals surface area contributed by atoms with Crippen molar-refractivity contribution in [3.63, 3.8) is 0 Å². The maximum atomic E-state index is 13.9. The molecule has 3 heterocycles. The average molecular weight is 404 g/mol. The third kappa shape index (κ3) is 4.04. The van der Waals surface area contributed by atoms with Gasteiger partial charge in [-0.05, 0) is 43.9 Å². The molecule has 2 fully saturated rings. The van der Waals surface area contributed by atoms with Crippen LogP contribution in [0.25, 0.3) is 0 Å². The largest absolute Gasteiger partial charge is 0.367 e. The first kappa shape index (κ1) is 18.9. The van der Waals surface area contributed by atoms with Gasteiger partial charge in [0.05, 0.1) is 17.6 Å². The van der Waals surface area contributed by atoms with Crippen molar-refractivity contribution >= 4 is 34.7 Å². The lowest BCUT2D eigenvalue weighted by Crippen LogP contribution is -2.39. The van der Waals surface area contributed by atoms with E-state index < -0.39 is 5.82 Å². The molecule has 0 saturated carbocycles. The number of carbonyl (C=O) groups excluding carboxylic acids is 1. The van der Waals surface area contributed by atoms with E-state index in [9.17, 15) is 9.18 Å². The van der Waals surface area contributed by atoms with Gasteiger partial charge in [-0.3, -0.25) is 4.79 Å². The third-order valence-corrected chi connectivity index (χ3v) is 5.71. The van der Waals surface area contributed by atoms with Gasteiger partial charge < -0.3 is 15.1 Å². The normalized spacial score (nSPS) is 17.8. The molecule has 1 amide bonds. The summed E-state index contributed by atoms with van der Waals surface area (Å²) in [5.74, 6) is 0.171. The van der Waals surface area contributed by atoms with Crippen LogP contribution in [-0.2, 0) is 4.79 Å². The molecule has 8 heteroatoms. The number of halogens is 2. The Morgan fingerprint density at radius 3 is 2.61 bits per heavy atom. The number of amides is 1. The number of carbonyl (C=O) groups is 1. The lowest BCUT2D eigenvalue weighted by atomic mass is 9.95. The zero-order valence-corrected chi connectivity index (χ0v) is 16.3. The van der Waals surface area contributed by atoms with Gasteiger partial charge in [0.15, 0.2) is 5.82 Å². The summed E-state index contributed by atoms with van der Waals surface area (Å²) < 4.78 is 13.9. The van der Waals surface area contributed by atoms with E-state index in [4.69, 9.17) is 11.6 Å². The quantitative estimate of drug-likeness (QED) is 0.842. The summed E-state index contributed by atoms with van der Waals surface area (Å²) in [6.45, 7) is 3.54. The van der Waals surface area contributed by atoms with E-state index in [0.29, 0.717) is 17.9 Å². The Labute approximate surface area is 168 Å². The number of piperidine rings is 1. The van der Waals surface area contributed by atoms with Gasteiger partial charge in [-0.1, -0.05) is 11.6 Å². The second kappa shape index (κ2) is 8.31. The molecule has 0 unspecified atom stereocenters. The topological polar surface area (TPSA) is 61.4 Å². The molecule has 0 bridgehead atoms. The molecule has 148 valence electrons. The predicted octanol–water partition coefficient (Wildman–Crippen LogP) is 3.72. The van der Waals surface area contributed by atoms with E-state index in [1.807, 2.05) is 6.20 Å². The van der Waals surface area contributed by atoms with Crippen LogP contribution in [0.15, 0.2) is 30.7 Å². The molecule has 0 spiro atoms. The highest BCUT2D eigenvalue weighted by Crippen LogP contribution is 2.32. The fourth-order valence-electron chi connectivity index (χ4n) is 3.92. The Bertz CT molecular complexity index is 850. The number of hydrogen-bond donors (Lipinski definition) is 1. The molecule has 0 atom stereocenters. The number of benzene rings is 1. The molecule has 28 heavy (non-hydrogen) atoms. The van der Waals surface area contributed by atoms with Crippen molar-refractivity contribution in [1.82, 2.24) is 9.97 Å². The number of hydrogen-bond acceptors (Lipinski definition) is 5. The van der Waals surface area contributed by atoms with Gasteiger partial charge in [-0.15, -0.1) is 0 Å². The van der Waals surface area contributed by atoms with E-state index >= 15 is 0 Å². The maximum absolute atomic E-state index is 13.9. The van der Waals surface area contributed by atoms with Crippen LogP contribution in [0.3, 0.4) is 0 Å². The summed E-state index contributed by atoms with van der Waals surface area (Å²) in [6.07, 6.45) is 7.24. The zero-order chi connectivity index (χ0) is 19.5. The minimum atomic E-state index is -0.519. The van der Waals surface area contributed by atoms with Gasteiger partial charge in [-0.25, -0.2) is 14.4 Å². The fourth-order valence-corrected chi connectivity index (χ4v) is 4.08. The van der Waals surface area contributed by atoms with Gasteiger partial charge in [0.25, 0.3) is 0 Å². The van der Waals surface area contributed by atoms with Gasteiger partial charge in [0, 0.05) is 37.1 Å². The Hall–Kier alpha value is -2.41. The van der Waals surface area contributed by atoms with Crippen molar-refractivity contribution in [3.8, 4) is 0 Å². The molecule has 1 aromatic carbocycles. The molecule has 0 aliphatic carbocycles. The van der Waals surface area contributed by atoms with E-state index in [2.05, 4.69) is 25.1 Å². The van der Waals surface area contributed by atoms with Gasteiger partial charge >= 0.3 is 0 Å². The zero-order valence-electron chi connectivity index (χ0n) is 15.6. The average Bonchev–Trinajstić information content (AvgIpc) is 3.25. The number of anilines is 3. The molecule has 1 aromatic heterocycles. The molecule has 4 rings (SSSR count). The van der Waals surface area contributed by atoms with Crippen LogP contribution in [0.1, 0.15) is 25.7 Å². The predicted molar refractivity (Wildman–Crippen MR) is 108 cm³/mol. The second-order valence-corrected chi connectivity index (χ2v) is 7.74. The van der Waals surface area contributed by atoms with E-state index in [0.717, 1.165) is 37.7 Å². The van der Waals surface area contributed by atoms with Crippen molar-refractivity contribution in [1.29, 1.82) is 0 Å². The number of nitrogens with zero attached hydrogens (tertiary/aromatic N) is 4. The molecular formula is C20H23ClFN5O. The molecule has 2 aliphatic rings. The van der Waals surface area contributed by atoms with Crippen LogP contribution in [0.2, 0.25) is 5.02 Å².